The first-order valence-electron chi connectivity index (χ1n) is 7.34. The number of piperazine rings is 1. The summed E-state index contributed by atoms with van der Waals surface area (Å²) in [5, 5.41) is 3.36. The summed E-state index contributed by atoms with van der Waals surface area (Å²) in [6.07, 6.45) is 8.08. The first-order chi connectivity index (χ1) is 8.79. The highest BCUT2D eigenvalue weighted by Gasteiger charge is 2.44. The van der Waals surface area contributed by atoms with Crippen LogP contribution in [0.15, 0.2) is 0 Å². The summed E-state index contributed by atoms with van der Waals surface area (Å²) in [5.41, 5.74) is -0.336. The van der Waals surface area contributed by atoms with E-state index in [1.165, 1.54) is 26.4 Å². The second kappa shape index (κ2) is 6.53. The Labute approximate surface area is 110 Å². The maximum atomic E-state index is 12.4. The molecule has 104 valence electrons. The van der Waals surface area contributed by atoms with E-state index in [0.717, 1.165) is 51.9 Å². The Kier molecular flexibility index (Phi) is 5.01. The van der Waals surface area contributed by atoms with Crippen LogP contribution < -0.4 is 5.32 Å². The zero-order chi connectivity index (χ0) is 12.8. The molecule has 2 rings (SSSR count). The van der Waals surface area contributed by atoms with Gasteiger partial charge in [-0.05, 0) is 12.8 Å². The number of esters is 1. The highest BCUT2D eigenvalue weighted by molar-refractivity contribution is 5.80. The largest absolute Gasteiger partial charge is 0.468 e. The van der Waals surface area contributed by atoms with E-state index in [1.54, 1.807) is 0 Å². The second-order valence-corrected chi connectivity index (χ2v) is 5.53. The van der Waals surface area contributed by atoms with Gasteiger partial charge in [0, 0.05) is 26.2 Å². The topological polar surface area (TPSA) is 41.6 Å². The van der Waals surface area contributed by atoms with Crippen LogP contribution in [0.1, 0.15) is 44.9 Å². The predicted octanol–water partition coefficient (Wildman–Crippen LogP) is 1.55. The van der Waals surface area contributed by atoms with E-state index in [0.29, 0.717) is 0 Å². The van der Waals surface area contributed by atoms with Crippen LogP contribution in [0.3, 0.4) is 0 Å². The first kappa shape index (κ1) is 13.8. The van der Waals surface area contributed by atoms with Gasteiger partial charge in [0.05, 0.1) is 7.11 Å². The quantitative estimate of drug-likeness (QED) is 0.759. The molecule has 1 N–H and O–H groups in total. The smallest absolute Gasteiger partial charge is 0.326 e. The molecule has 4 nitrogen and oxygen atoms in total. The second-order valence-electron chi connectivity index (χ2n) is 5.53. The maximum Gasteiger partial charge on any atom is 0.326 e. The molecule has 2 aliphatic rings. The first-order valence-corrected chi connectivity index (χ1v) is 7.34. The molecule has 2 fully saturated rings. The molecule has 1 saturated carbocycles. The number of carbonyl (C=O) groups excluding carboxylic acids is 1. The molecule has 1 heterocycles. The molecule has 0 radical (unpaired) electrons. The molecule has 0 unspecified atom stereocenters. The molecule has 0 spiro atoms. The normalized spacial score (nSPS) is 26.1. The molecule has 0 aromatic rings. The van der Waals surface area contributed by atoms with E-state index in [4.69, 9.17) is 4.74 Å². The van der Waals surface area contributed by atoms with Crippen LogP contribution in [0.25, 0.3) is 0 Å². The third kappa shape index (κ3) is 2.86. The van der Waals surface area contributed by atoms with Gasteiger partial charge in [-0.15, -0.1) is 0 Å². The van der Waals surface area contributed by atoms with Crippen molar-refractivity contribution in [2.75, 3.05) is 33.3 Å². The lowest BCUT2D eigenvalue weighted by atomic mass is 9.82. The minimum absolute atomic E-state index is 0.00806. The minimum Gasteiger partial charge on any atom is -0.468 e. The predicted molar refractivity (Wildman–Crippen MR) is 71.5 cm³/mol. The number of ether oxygens (including phenoxy) is 1. The van der Waals surface area contributed by atoms with Gasteiger partial charge in [0.15, 0.2) is 0 Å². The van der Waals surface area contributed by atoms with Crippen LogP contribution in [-0.2, 0) is 9.53 Å². The number of hydrogen-bond donors (Lipinski definition) is 1. The van der Waals surface area contributed by atoms with Gasteiger partial charge in [-0.3, -0.25) is 9.69 Å². The van der Waals surface area contributed by atoms with Crippen molar-refractivity contribution < 1.29 is 9.53 Å². The number of nitrogens with one attached hydrogen (secondary N) is 1. The summed E-state index contributed by atoms with van der Waals surface area (Å²) >= 11 is 0. The fourth-order valence-electron chi connectivity index (χ4n) is 3.42. The Hall–Kier alpha value is -0.610. The van der Waals surface area contributed by atoms with Gasteiger partial charge >= 0.3 is 5.97 Å². The number of nitrogens with zero attached hydrogens (tertiary/aromatic N) is 1. The third-order valence-electron chi connectivity index (χ3n) is 4.47. The lowest BCUT2D eigenvalue weighted by molar-refractivity contribution is -0.158. The van der Waals surface area contributed by atoms with Crippen molar-refractivity contribution in [2.24, 2.45) is 0 Å². The van der Waals surface area contributed by atoms with Gasteiger partial charge in [-0.1, -0.05) is 32.1 Å². The highest BCUT2D eigenvalue weighted by atomic mass is 16.5. The maximum absolute atomic E-state index is 12.4. The number of hydrogen-bond acceptors (Lipinski definition) is 4. The molecule has 18 heavy (non-hydrogen) atoms. The standard InChI is InChI=1S/C14H26N2O2/c1-18-13(17)14(16-11-9-15-10-12-16)7-5-3-2-4-6-8-14/h15H,2-12H2,1H3. The summed E-state index contributed by atoms with van der Waals surface area (Å²) < 4.78 is 5.14. The molecule has 0 bridgehead atoms. The Morgan fingerprint density at radius 2 is 1.61 bits per heavy atom. The monoisotopic (exact) mass is 254 g/mol. The van der Waals surface area contributed by atoms with E-state index in [1.807, 2.05) is 0 Å². The van der Waals surface area contributed by atoms with Gasteiger partial charge in [-0.25, -0.2) is 0 Å². The fraction of sp³-hybridized carbons (Fsp3) is 0.929. The van der Waals surface area contributed by atoms with Crippen LogP contribution in [0, 0.1) is 0 Å². The molecule has 0 aromatic carbocycles. The SMILES string of the molecule is COC(=O)C1(N2CCNCC2)CCCCCCC1. The average Bonchev–Trinajstić information content (AvgIpc) is 2.39. The molecule has 0 atom stereocenters. The zero-order valence-corrected chi connectivity index (χ0v) is 11.5. The van der Waals surface area contributed by atoms with E-state index >= 15 is 0 Å². The Bertz CT molecular complexity index is 267. The van der Waals surface area contributed by atoms with Gasteiger partial charge < -0.3 is 10.1 Å². The molecule has 1 aliphatic heterocycles. The van der Waals surface area contributed by atoms with Crippen LogP contribution >= 0.6 is 0 Å². The van der Waals surface area contributed by atoms with Crippen molar-refractivity contribution in [3.63, 3.8) is 0 Å². The third-order valence-corrected chi connectivity index (χ3v) is 4.47. The van der Waals surface area contributed by atoms with E-state index < -0.39 is 0 Å². The summed E-state index contributed by atoms with van der Waals surface area (Å²) in [5.74, 6) is -0.00806. The summed E-state index contributed by atoms with van der Waals surface area (Å²) in [6, 6.07) is 0. The molecular formula is C14H26N2O2. The molecular weight excluding hydrogens is 228 g/mol. The van der Waals surface area contributed by atoms with Crippen molar-refractivity contribution in [2.45, 2.75) is 50.5 Å². The van der Waals surface area contributed by atoms with E-state index in [-0.39, 0.29) is 11.5 Å². The van der Waals surface area contributed by atoms with Crippen molar-refractivity contribution in [3.05, 3.63) is 0 Å². The van der Waals surface area contributed by atoms with Gasteiger partial charge in [0.1, 0.15) is 5.54 Å². The van der Waals surface area contributed by atoms with Gasteiger partial charge in [0.2, 0.25) is 0 Å². The van der Waals surface area contributed by atoms with Crippen molar-refractivity contribution in [1.29, 1.82) is 0 Å². The Morgan fingerprint density at radius 1 is 1.06 bits per heavy atom. The zero-order valence-electron chi connectivity index (χ0n) is 11.5. The molecule has 4 heteroatoms. The summed E-state index contributed by atoms with van der Waals surface area (Å²) in [6.45, 7) is 3.90. The minimum atomic E-state index is -0.336. The fourth-order valence-corrected chi connectivity index (χ4v) is 3.42. The molecule has 1 saturated heterocycles. The van der Waals surface area contributed by atoms with Crippen molar-refractivity contribution in [3.8, 4) is 0 Å². The van der Waals surface area contributed by atoms with Crippen LogP contribution in [0.2, 0.25) is 0 Å². The number of carbonyl (C=O) groups is 1. The Morgan fingerprint density at radius 3 is 2.17 bits per heavy atom. The van der Waals surface area contributed by atoms with Gasteiger partial charge in [0.25, 0.3) is 0 Å². The van der Waals surface area contributed by atoms with Crippen LogP contribution in [0.4, 0.5) is 0 Å². The van der Waals surface area contributed by atoms with Crippen molar-refractivity contribution in [1.82, 2.24) is 10.2 Å². The average molecular weight is 254 g/mol. The van der Waals surface area contributed by atoms with Crippen LogP contribution in [0.5, 0.6) is 0 Å². The van der Waals surface area contributed by atoms with Crippen molar-refractivity contribution >= 4 is 5.97 Å². The molecule has 0 aromatic heterocycles. The molecule has 1 aliphatic carbocycles. The number of rotatable bonds is 2. The van der Waals surface area contributed by atoms with E-state index in [9.17, 15) is 4.79 Å². The summed E-state index contributed by atoms with van der Waals surface area (Å²) in [7, 11) is 1.53. The van der Waals surface area contributed by atoms with Crippen LogP contribution in [-0.4, -0.2) is 49.7 Å². The van der Waals surface area contributed by atoms with E-state index in [2.05, 4.69) is 10.2 Å². The highest BCUT2D eigenvalue weighted by Crippen LogP contribution is 2.33. The lowest BCUT2D eigenvalue weighted by Gasteiger charge is -2.44. The van der Waals surface area contributed by atoms with Gasteiger partial charge in [-0.2, -0.15) is 0 Å². The lowest BCUT2D eigenvalue weighted by Crippen LogP contribution is -2.60. The molecule has 0 amide bonds. The Balaban J connectivity index is 2.16. The number of methoxy groups -OCH3 is 1. The summed E-state index contributed by atoms with van der Waals surface area (Å²) in [4.78, 5) is 14.7.